The minimum atomic E-state index is -8.68. The summed E-state index contributed by atoms with van der Waals surface area (Å²) in [5.41, 5.74) is 0. The summed E-state index contributed by atoms with van der Waals surface area (Å²) in [6.45, 7) is -1.92. The van der Waals surface area contributed by atoms with E-state index < -0.39 is 66.8 Å². The second-order valence-corrected chi connectivity index (χ2v) is 5.69. The first-order valence-electron chi connectivity index (χ1n) is 6.71. The second-order valence-electron chi connectivity index (χ2n) is 5.69. The van der Waals surface area contributed by atoms with E-state index in [9.17, 15) is 74.6 Å². The molecule has 0 aromatic rings. The molecule has 0 aromatic heterocycles. The standard InChI is InChI=1S/C11H7F17O2.CH4/c12-4(13,1-3(30)2-29)5(14,15)6(16,17)7(18,19)8(20,21)9(22,23)10(24,25)11(26,27)28;/h3,29-30H,1-2H2;1H4. The lowest BCUT2D eigenvalue weighted by Gasteiger charge is -2.43. The highest BCUT2D eigenvalue weighted by Gasteiger charge is 2.95. The summed E-state index contributed by atoms with van der Waals surface area (Å²) in [5.74, 6) is -57.0. The molecule has 0 heterocycles. The summed E-state index contributed by atoms with van der Waals surface area (Å²) >= 11 is 0. The van der Waals surface area contributed by atoms with Crippen LogP contribution >= 0.6 is 0 Å². The molecule has 19 heteroatoms. The van der Waals surface area contributed by atoms with Gasteiger partial charge in [-0.3, -0.25) is 0 Å². The number of aliphatic hydroxyl groups is 2. The van der Waals surface area contributed by atoms with Crippen LogP contribution in [0.25, 0.3) is 0 Å². The molecule has 1 unspecified atom stereocenters. The van der Waals surface area contributed by atoms with Crippen LogP contribution in [0.1, 0.15) is 13.8 Å². The van der Waals surface area contributed by atoms with Crippen LogP contribution in [0, 0.1) is 0 Å². The van der Waals surface area contributed by atoms with Gasteiger partial charge in [0.25, 0.3) is 0 Å². The molecule has 0 aromatic carbocycles. The molecule has 31 heavy (non-hydrogen) atoms. The molecular weight excluding hydrogens is 499 g/mol. The van der Waals surface area contributed by atoms with Gasteiger partial charge < -0.3 is 10.2 Å². The van der Waals surface area contributed by atoms with Gasteiger partial charge in [-0.15, -0.1) is 0 Å². The maximum Gasteiger partial charge on any atom is 0.460 e. The van der Waals surface area contributed by atoms with Gasteiger partial charge in [-0.1, -0.05) is 7.43 Å². The molecule has 0 saturated heterocycles. The fraction of sp³-hybridized carbons (Fsp3) is 1.00. The van der Waals surface area contributed by atoms with Gasteiger partial charge in [0.05, 0.1) is 12.7 Å². The van der Waals surface area contributed by atoms with Gasteiger partial charge in [0, 0.05) is 6.42 Å². The summed E-state index contributed by atoms with van der Waals surface area (Å²) in [6.07, 6.45) is -14.0. The third kappa shape index (κ3) is 4.35. The molecule has 0 amide bonds. The Morgan fingerprint density at radius 1 is 0.484 bits per heavy atom. The Balaban J connectivity index is 0. The highest BCUT2D eigenvalue weighted by molar-refractivity contribution is 5.15. The van der Waals surface area contributed by atoms with E-state index in [0.29, 0.717) is 0 Å². The van der Waals surface area contributed by atoms with Crippen molar-refractivity contribution >= 4 is 0 Å². The van der Waals surface area contributed by atoms with Crippen molar-refractivity contribution in [3.63, 3.8) is 0 Å². The van der Waals surface area contributed by atoms with Gasteiger partial charge in [0.15, 0.2) is 0 Å². The monoisotopic (exact) mass is 510 g/mol. The Hall–Kier alpha value is -1.27. The lowest BCUT2D eigenvalue weighted by Crippen LogP contribution is -2.74. The minimum absolute atomic E-state index is 0. The molecule has 190 valence electrons. The van der Waals surface area contributed by atoms with Crippen molar-refractivity contribution in [2.75, 3.05) is 6.61 Å². The Kier molecular flexibility index (Phi) is 8.50. The molecule has 0 aliphatic heterocycles. The van der Waals surface area contributed by atoms with Crippen molar-refractivity contribution in [2.24, 2.45) is 0 Å². The summed E-state index contributed by atoms with van der Waals surface area (Å²) in [4.78, 5) is 0. The van der Waals surface area contributed by atoms with Crippen LogP contribution in [0.5, 0.6) is 0 Å². The number of aliphatic hydroxyl groups excluding tert-OH is 2. The van der Waals surface area contributed by atoms with Crippen LogP contribution in [0.3, 0.4) is 0 Å². The Morgan fingerprint density at radius 2 is 0.742 bits per heavy atom. The van der Waals surface area contributed by atoms with Gasteiger partial charge in [0.2, 0.25) is 0 Å². The molecule has 0 saturated carbocycles. The molecule has 0 aliphatic carbocycles. The molecule has 2 N–H and O–H groups in total. The first-order chi connectivity index (χ1) is 12.7. The molecule has 2 nitrogen and oxygen atoms in total. The largest absolute Gasteiger partial charge is 0.460 e. The van der Waals surface area contributed by atoms with Crippen LogP contribution in [0.4, 0.5) is 74.6 Å². The van der Waals surface area contributed by atoms with Crippen molar-refractivity contribution < 1.29 is 84.9 Å². The molecule has 0 bridgehead atoms. The van der Waals surface area contributed by atoms with E-state index in [1.54, 1.807) is 0 Å². The van der Waals surface area contributed by atoms with Gasteiger partial charge >= 0.3 is 47.6 Å². The molecule has 0 rings (SSSR count). The maximum atomic E-state index is 13.3. The van der Waals surface area contributed by atoms with E-state index in [2.05, 4.69) is 0 Å². The molecular formula is C12H11F17O2. The fourth-order valence-electron chi connectivity index (χ4n) is 1.69. The average Bonchev–Trinajstić information content (AvgIpc) is 2.51. The topological polar surface area (TPSA) is 40.5 Å². The Labute approximate surface area is 160 Å². The normalized spacial score (nSPS) is 16.7. The van der Waals surface area contributed by atoms with Gasteiger partial charge in [-0.25, -0.2) is 0 Å². The van der Waals surface area contributed by atoms with Crippen LogP contribution in [-0.4, -0.2) is 70.6 Å². The van der Waals surface area contributed by atoms with E-state index in [1.165, 1.54) is 0 Å². The van der Waals surface area contributed by atoms with E-state index >= 15 is 0 Å². The number of rotatable bonds is 9. The molecule has 0 aliphatic rings. The average molecular weight is 510 g/mol. The van der Waals surface area contributed by atoms with E-state index in [-0.39, 0.29) is 7.43 Å². The predicted molar refractivity (Wildman–Crippen MR) is 65.1 cm³/mol. The smallest absolute Gasteiger partial charge is 0.394 e. The lowest BCUT2D eigenvalue weighted by molar-refractivity contribution is -0.462. The van der Waals surface area contributed by atoms with Crippen LogP contribution < -0.4 is 0 Å². The van der Waals surface area contributed by atoms with Crippen molar-refractivity contribution in [3.8, 4) is 0 Å². The van der Waals surface area contributed by atoms with Crippen LogP contribution in [0.2, 0.25) is 0 Å². The van der Waals surface area contributed by atoms with Gasteiger partial charge in [-0.2, -0.15) is 74.6 Å². The third-order valence-electron chi connectivity index (χ3n) is 3.49. The fourth-order valence-corrected chi connectivity index (χ4v) is 1.69. The van der Waals surface area contributed by atoms with E-state index in [4.69, 9.17) is 10.2 Å². The minimum Gasteiger partial charge on any atom is -0.394 e. The number of halogens is 17. The SMILES string of the molecule is C.OCC(O)CC(F)(F)C(F)(F)C(F)(F)C(F)(F)C(F)(F)C(F)(F)C(F)(F)C(F)(F)F. The van der Waals surface area contributed by atoms with E-state index in [1.807, 2.05) is 0 Å². The summed E-state index contributed by atoms with van der Waals surface area (Å²) in [6, 6.07) is 0. The zero-order valence-electron chi connectivity index (χ0n) is 13.3. The number of hydrogen-bond acceptors (Lipinski definition) is 2. The summed E-state index contributed by atoms with van der Waals surface area (Å²) in [7, 11) is 0. The Morgan fingerprint density at radius 3 is 1.00 bits per heavy atom. The third-order valence-corrected chi connectivity index (χ3v) is 3.49. The van der Waals surface area contributed by atoms with Crippen molar-refractivity contribution in [3.05, 3.63) is 0 Å². The zero-order chi connectivity index (χ0) is 25.0. The Bertz CT molecular complexity index is 609. The van der Waals surface area contributed by atoms with Gasteiger partial charge in [0.1, 0.15) is 0 Å². The molecule has 0 spiro atoms. The van der Waals surface area contributed by atoms with Crippen LogP contribution in [-0.2, 0) is 0 Å². The zero-order valence-corrected chi connectivity index (χ0v) is 13.3. The van der Waals surface area contributed by atoms with Crippen LogP contribution in [0.15, 0.2) is 0 Å². The van der Waals surface area contributed by atoms with E-state index in [0.717, 1.165) is 0 Å². The second kappa shape index (κ2) is 8.26. The number of alkyl halides is 17. The molecule has 1 atom stereocenters. The predicted octanol–water partition coefficient (Wildman–Crippen LogP) is 5.38. The first kappa shape index (κ1) is 31.9. The van der Waals surface area contributed by atoms with Crippen molar-refractivity contribution in [1.82, 2.24) is 0 Å². The quantitative estimate of drug-likeness (QED) is 0.410. The van der Waals surface area contributed by atoms with Crippen molar-refractivity contribution in [1.29, 1.82) is 0 Å². The molecule has 0 fully saturated rings. The van der Waals surface area contributed by atoms with Crippen molar-refractivity contribution in [2.45, 2.75) is 67.6 Å². The summed E-state index contributed by atoms with van der Waals surface area (Å²) in [5, 5.41) is 16.7. The highest BCUT2D eigenvalue weighted by Crippen LogP contribution is 2.64. The maximum absolute atomic E-state index is 13.3. The first-order valence-corrected chi connectivity index (χ1v) is 6.71. The number of hydrogen-bond donors (Lipinski definition) is 2. The lowest BCUT2D eigenvalue weighted by atomic mass is 9.88. The molecule has 0 radical (unpaired) electrons. The highest BCUT2D eigenvalue weighted by atomic mass is 19.4. The summed E-state index contributed by atoms with van der Waals surface area (Å²) < 4.78 is 219. The van der Waals surface area contributed by atoms with Gasteiger partial charge in [-0.05, 0) is 0 Å².